The number of nitrogens with one attached hydrogen (secondary N) is 2. The summed E-state index contributed by atoms with van der Waals surface area (Å²) in [5.74, 6) is 0.818. The monoisotopic (exact) mass is 461 g/mol. The number of likely N-dealkylation sites (N-methyl/N-ethyl adjacent to an activating group) is 1. The highest BCUT2D eigenvalue weighted by Crippen LogP contribution is 2.28. The lowest BCUT2D eigenvalue weighted by Gasteiger charge is -2.23. The highest BCUT2D eigenvalue weighted by molar-refractivity contribution is 7.99. The molecule has 3 heterocycles. The summed E-state index contributed by atoms with van der Waals surface area (Å²) < 4.78 is 2.22. The molecule has 0 saturated carbocycles. The predicted octanol–water partition coefficient (Wildman–Crippen LogP) is 3.84. The topological polar surface area (TPSA) is 73.4 Å². The molecule has 1 aliphatic rings. The number of hydrogen-bond acceptors (Lipinski definition) is 4. The minimum absolute atomic E-state index is 0.119. The first-order valence-electron chi connectivity index (χ1n) is 11.0. The van der Waals surface area contributed by atoms with Crippen LogP contribution in [0.2, 0.25) is 0 Å². The average molecular weight is 462 g/mol. The molecule has 0 unspecified atom stereocenters. The zero-order chi connectivity index (χ0) is 22.9. The number of aromatic nitrogens is 2. The van der Waals surface area contributed by atoms with Gasteiger partial charge in [0.05, 0.1) is 11.4 Å². The number of aromatic amines is 1. The van der Waals surface area contributed by atoms with E-state index < -0.39 is 6.04 Å². The van der Waals surface area contributed by atoms with Gasteiger partial charge in [-0.1, -0.05) is 18.2 Å². The lowest BCUT2D eigenvalue weighted by molar-refractivity contribution is -0.119. The van der Waals surface area contributed by atoms with E-state index in [1.165, 1.54) is 0 Å². The molecule has 1 aliphatic heterocycles. The Hall–Kier alpha value is -3.23. The quantitative estimate of drug-likeness (QED) is 0.458. The third-order valence-electron chi connectivity index (χ3n) is 6.09. The number of hydrogen-bond donors (Lipinski definition) is 2. The highest BCUT2D eigenvalue weighted by atomic mass is 32.2. The maximum Gasteiger partial charge on any atom is 0.257 e. The number of carbonyl (C=O) groups is 2. The zero-order valence-corrected chi connectivity index (χ0v) is 19.6. The van der Waals surface area contributed by atoms with E-state index in [9.17, 15) is 9.59 Å². The molecule has 0 aliphatic carbocycles. The summed E-state index contributed by atoms with van der Waals surface area (Å²) in [6.07, 6.45) is 3.81. The molecule has 8 heteroatoms. The fourth-order valence-corrected chi connectivity index (χ4v) is 5.42. The number of benzene rings is 2. The number of fused-ring (bicyclic) bond motifs is 2. The molecule has 0 spiro atoms. The molecule has 0 radical (unpaired) electrons. The van der Waals surface area contributed by atoms with Gasteiger partial charge in [-0.25, -0.2) is 0 Å². The van der Waals surface area contributed by atoms with Crippen molar-refractivity contribution >= 4 is 51.1 Å². The largest absolute Gasteiger partial charge is 0.360 e. The predicted molar refractivity (Wildman–Crippen MR) is 135 cm³/mol. The van der Waals surface area contributed by atoms with E-state index >= 15 is 0 Å². The highest BCUT2D eigenvalue weighted by Gasteiger charge is 2.36. The molecule has 1 fully saturated rings. The number of nitrogens with zero attached hydrogens (tertiary/aromatic N) is 3. The summed E-state index contributed by atoms with van der Waals surface area (Å²) >= 11 is 1.60. The molecule has 2 aromatic heterocycles. The molecule has 1 saturated heterocycles. The van der Waals surface area contributed by atoms with Crippen molar-refractivity contribution in [1.82, 2.24) is 19.4 Å². The van der Waals surface area contributed by atoms with Crippen molar-refractivity contribution in [1.29, 1.82) is 0 Å². The fourth-order valence-electron chi connectivity index (χ4n) is 4.27. The number of thioether (sulfide) groups is 1. The molecule has 1 atom stereocenters. The van der Waals surface area contributed by atoms with Gasteiger partial charge in [-0.2, -0.15) is 0 Å². The fraction of sp³-hybridized carbons (Fsp3) is 0.280. The number of para-hydroxylation sites is 1. The van der Waals surface area contributed by atoms with Crippen molar-refractivity contribution in [2.45, 2.75) is 12.6 Å². The van der Waals surface area contributed by atoms with Crippen LogP contribution in [-0.4, -0.2) is 69.5 Å². The third kappa shape index (κ3) is 4.24. The second kappa shape index (κ2) is 8.96. The van der Waals surface area contributed by atoms with E-state index in [0.29, 0.717) is 17.2 Å². The molecular weight excluding hydrogens is 434 g/mol. The Bertz CT molecular complexity index is 1320. The Balaban J connectivity index is 1.31. The molecule has 4 aromatic rings. The van der Waals surface area contributed by atoms with Crippen LogP contribution >= 0.6 is 11.8 Å². The van der Waals surface area contributed by atoms with Gasteiger partial charge in [-0.15, -0.1) is 11.8 Å². The van der Waals surface area contributed by atoms with Crippen LogP contribution in [0.5, 0.6) is 0 Å². The van der Waals surface area contributed by atoms with Crippen molar-refractivity contribution in [3.63, 3.8) is 0 Å². The van der Waals surface area contributed by atoms with Gasteiger partial charge in [-0.3, -0.25) is 9.59 Å². The SMILES string of the molecule is CN(C)CCn1ccc2cc(NC(=O)[C@@H]3CSCN3C(=O)c3c[nH]c4ccccc34)ccc21. The van der Waals surface area contributed by atoms with Crippen LogP contribution in [0.15, 0.2) is 60.9 Å². The standard InChI is InChI=1S/C25H27N5O2S/c1-28(2)11-12-29-10-9-17-13-18(7-8-22(17)29)27-24(31)23-15-33-16-30(23)25(32)20-14-26-21-6-4-3-5-19(20)21/h3-10,13-14,23,26H,11-12,15-16H2,1-2H3,(H,27,31)/t23-/m0/s1. The number of H-pyrrole nitrogens is 1. The molecule has 2 amide bonds. The van der Waals surface area contributed by atoms with Gasteiger partial charge in [0.1, 0.15) is 6.04 Å². The lowest BCUT2D eigenvalue weighted by Crippen LogP contribution is -2.44. The normalized spacial score (nSPS) is 16.2. The van der Waals surface area contributed by atoms with Crippen LogP contribution in [0.1, 0.15) is 10.4 Å². The number of carbonyl (C=O) groups excluding carboxylic acids is 2. The molecule has 2 N–H and O–H groups in total. The third-order valence-corrected chi connectivity index (χ3v) is 7.10. The molecule has 5 rings (SSSR count). The van der Waals surface area contributed by atoms with Crippen LogP contribution < -0.4 is 5.32 Å². The minimum Gasteiger partial charge on any atom is -0.360 e. The smallest absolute Gasteiger partial charge is 0.257 e. The van der Waals surface area contributed by atoms with E-state index in [0.717, 1.165) is 40.6 Å². The van der Waals surface area contributed by atoms with E-state index in [2.05, 4.69) is 46.1 Å². The summed E-state index contributed by atoms with van der Waals surface area (Å²) in [5.41, 5.74) is 3.41. The first kappa shape index (κ1) is 21.6. The van der Waals surface area contributed by atoms with Crippen molar-refractivity contribution in [2.75, 3.05) is 37.6 Å². The number of anilines is 1. The van der Waals surface area contributed by atoms with Gasteiger partial charge in [0.25, 0.3) is 5.91 Å². The Morgan fingerprint density at radius 1 is 1.18 bits per heavy atom. The van der Waals surface area contributed by atoms with E-state index in [1.807, 2.05) is 42.5 Å². The van der Waals surface area contributed by atoms with Gasteiger partial charge < -0.3 is 24.7 Å². The number of amides is 2. The van der Waals surface area contributed by atoms with E-state index in [-0.39, 0.29) is 11.8 Å². The van der Waals surface area contributed by atoms with Crippen molar-refractivity contribution in [2.24, 2.45) is 0 Å². The van der Waals surface area contributed by atoms with Gasteiger partial charge in [0.2, 0.25) is 5.91 Å². The van der Waals surface area contributed by atoms with Gasteiger partial charge in [-0.05, 0) is 44.4 Å². The van der Waals surface area contributed by atoms with Crippen molar-refractivity contribution in [3.05, 3.63) is 66.5 Å². The second-order valence-electron chi connectivity index (χ2n) is 8.61. The number of rotatable bonds is 6. The lowest BCUT2D eigenvalue weighted by atomic mass is 10.1. The maximum atomic E-state index is 13.3. The van der Waals surface area contributed by atoms with Crippen LogP contribution in [0.3, 0.4) is 0 Å². The molecule has 2 aromatic carbocycles. The Morgan fingerprint density at radius 2 is 2.03 bits per heavy atom. The Labute approximate surface area is 196 Å². The molecule has 0 bridgehead atoms. The van der Waals surface area contributed by atoms with Crippen LogP contribution in [0.25, 0.3) is 21.8 Å². The van der Waals surface area contributed by atoms with Crippen LogP contribution in [-0.2, 0) is 11.3 Å². The molecule has 170 valence electrons. The van der Waals surface area contributed by atoms with E-state index in [1.54, 1.807) is 22.9 Å². The summed E-state index contributed by atoms with van der Waals surface area (Å²) in [6, 6.07) is 15.3. The average Bonchev–Trinajstić information content (AvgIpc) is 3.55. The van der Waals surface area contributed by atoms with E-state index in [4.69, 9.17) is 0 Å². The van der Waals surface area contributed by atoms with Crippen molar-refractivity contribution < 1.29 is 9.59 Å². The minimum atomic E-state index is -0.503. The Kier molecular flexibility index (Phi) is 5.86. The Morgan fingerprint density at radius 3 is 2.88 bits per heavy atom. The van der Waals surface area contributed by atoms with Gasteiger partial charge in [0, 0.05) is 58.7 Å². The van der Waals surface area contributed by atoms with Crippen molar-refractivity contribution in [3.8, 4) is 0 Å². The molecule has 33 heavy (non-hydrogen) atoms. The molecular formula is C25H27N5O2S. The zero-order valence-electron chi connectivity index (χ0n) is 18.7. The van der Waals surface area contributed by atoms with Crippen LogP contribution in [0.4, 0.5) is 5.69 Å². The van der Waals surface area contributed by atoms with Crippen LogP contribution in [0, 0.1) is 0 Å². The first-order chi connectivity index (χ1) is 16.0. The maximum absolute atomic E-state index is 13.3. The summed E-state index contributed by atoms with van der Waals surface area (Å²) in [7, 11) is 4.13. The van der Waals surface area contributed by atoms with Gasteiger partial charge >= 0.3 is 0 Å². The summed E-state index contributed by atoms with van der Waals surface area (Å²) in [5, 5.41) is 4.99. The summed E-state index contributed by atoms with van der Waals surface area (Å²) in [4.78, 5) is 33.4. The first-order valence-corrected chi connectivity index (χ1v) is 12.2. The van der Waals surface area contributed by atoms with Gasteiger partial charge in [0.15, 0.2) is 0 Å². The summed E-state index contributed by atoms with van der Waals surface area (Å²) in [6.45, 7) is 1.87. The second-order valence-corrected chi connectivity index (χ2v) is 9.61. The molecule has 7 nitrogen and oxygen atoms in total.